The molecule has 0 bridgehead atoms. The lowest BCUT2D eigenvalue weighted by Crippen LogP contribution is -2.26. The van der Waals surface area contributed by atoms with Gasteiger partial charge in [0.05, 0.1) is 0 Å². The highest BCUT2D eigenvalue weighted by Gasteiger charge is 2.12. The Labute approximate surface area is 65.0 Å². The van der Waals surface area contributed by atoms with E-state index in [-0.39, 0.29) is 11.6 Å². The van der Waals surface area contributed by atoms with Crippen LogP contribution in [0, 0.1) is 0 Å². The molecule has 0 unspecified atom stereocenters. The van der Waals surface area contributed by atoms with Crippen molar-refractivity contribution >= 4 is 12.0 Å². The zero-order valence-corrected chi connectivity index (χ0v) is 6.88. The van der Waals surface area contributed by atoms with Crippen LogP contribution in [0.25, 0.3) is 0 Å². The van der Waals surface area contributed by atoms with Gasteiger partial charge in [0.15, 0.2) is 0 Å². The van der Waals surface area contributed by atoms with Crippen LogP contribution in [-0.4, -0.2) is 15.7 Å². The van der Waals surface area contributed by atoms with Crippen LogP contribution in [0.3, 0.4) is 0 Å². The summed E-state index contributed by atoms with van der Waals surface area (Å²) in [5.74, 6) is 0.426. The number of anilines is 2. The summed E-state index contributed by atoms with van der Waals surface area (Å²) in [7, 11) is 0. The molecule has 1 aromatic rings. The number of nitrogens with one attached hydrogen (secondary N) is 1. The normalized spacial score (nSPS) is 11.5. The van der Waals surface area contributed by atoms with E-state index in [1.165, 1.54) is 0 Å². The molecule has 5 nitrogen and oxygen atoms in total. The van der Waals surface area contributed by atoms with Gasteiger partial charge in [-0.05, 0) is 25.9 Å². The smallest absolute Gasteiger partial charge is 0.320 e. The lowest BCUT2D eigenvalue weighted by atomic mass is 10.1. The van der Waals surface area contributed by atoms with E-state index in [1.54, 1.807) is 0 Å². The number of rotatable bonds is 1. The van der Waals surface area contributed by atoms with Crippen molar-refractivity contribution in [3.63, 3.8) is 0 Å². The van der Waals surface area contributed by atoms with Gasteiger partial charge < -0.3 is 15.6 Å². The van der Waals surface area contributed by atoms with Gasteiger partial charge in [-0.25, -0.2) is 0 Å². The van der Waals surface area contributed by atoms with Crippen LogP contribution < -0.4 is 11.1 Å². The molecule has 0 saturated heterocycles. The summed E-state index contributed by atoms with van der Waals surface area (Å²) in [6.07, 6.45) is 0. The average Bonchev–Trinajstić information content (AvgIpc) is 2.10. The van der Waals surface area contributed by atoms with Crippen LogP contribution in [-0.2, 0) is 0 Å². The molecule has 0 aliphatic rings. The number of aromatic nitrogens is 2. The zero-order chi connectivity index (χ0) is 8.48. The standard InChI is InChI=1S/C6H12N4O/c1-6(2,3)9-5-8-4(7)11-10-5/h1-3H3,(H3,7,8,9,10). The van der Waals surface area contributed by atoms with E-state index in [0.717, 1.165) is 0 Å². The maximum atomic E-state index is 5.22. The first-order chi connectivity index (χ1) is 4.97. The van der Waals surface area contributed by atoms with Gasteiger partial charge in [-0.1, -0.05) is 0 Å². The van der Waals surface area contributed by atoms with Crippen molar-refractivity contribution in [2.24, 2.45) is 0 Å². The second kappa shape index (κ2) is 2.41. The Morgan fingerprint density at radius 2 is 2.09 bits per heavy atom. The Hall–Kier alpha value is -1.26. The van der Waals surface area contributed by atoms with E-state index in [9.17, 15) is 0 Å². The summed E-state index contributed by atoms with van der Waals surface area (Å²) < 4.78 is 4.56. The molecule has 1 heterocycles. The van der Waals surface area contributed by atoms with Crippen LogP contribution in [0.2, 0.25) is 0 Å². The van der Waals surface area contributed by atoms with E-state index >= 15 is 0 Å². The van der Waals surface area contributed by atoms with E-state index in [0.29, 0.717) is 5.95 Å². The first-order valence-corrected chi connectivity index (χ1v) is 3.35. The van der Waals surface area contributed by atoms with Gasteiger partial charge in [0.1, 0.15) is 0 Å². The zero-order valence-electron chi connectivity index (χ0n) is 6.88. The molecule has 5 heteroatoms. The molecule has 0 fully saturated rings. The molecule has 0 atom stereocenters. The number of nitrogens with two attached hydrogens (primary N) is 1. The van der Waals surface area contributed by atoms with E-state index < -0.39 is 0 Å². The summed E-state index contributed by atoms with van der Waals surface area (Å²) in [6, 6.07) is 0.0803. The third-order valence-electron chi connectivity index (χ3n) is 0.929. The Morgan fingerprint density at radius 1 is 1.45 bits per heavy atom. The van der Waals surface area contributed by atoms with Gasteiger partial charge in [-0.3, -0.25) is 0 Å². The summed E-state index contributed by atoms with van der Waals surface area (Å²) in [5, 5.41) is 6.58. The van der Waals surface area contributed by atoms with Crippen LogP contribution in [0.4, 0.5) is 12.0 Å². The minimum Gasteiger partial charge on any atom is -0.351 e. The van der Waals surface area contributed by atoms with Crippen LogP contribution in [0.5, 0.6) is 0 Å². The molecule has 0 spiro atoms. The van der Waals surface area contributed by atoms with Crippen molar-refractivity contribution in [3.8, 4) is 0 Å². The van der Waals surface area contributed by atoms with Gasteiger partial charge in [-0.2, -0.15) is 4.98 Å². The molecule has 0 aromatic carbocycles. The maximum absolute atomic E-state index is 5.22. The number of nitrogen functional groups attached to an aromatic ring is 1. The van der Waals surface area contributed by atoms with Gasteiger partial charge in [0.25, 0.3) is 5.95 Å². The highest BCUT2D eigenvalue weighted by molar-refractivity contribution is 5.29. The minimum atomic E-state index is -0.0731. The van der Waals surface area contributed by atoms with Gasteiger partial charge >= 0.3 is 6.01 Å². The van der Waals surface area contributed by atoms with Crippen molar-refractivity contribution in [3.05, 3.63) is 0 Å². The SMILES string of the molecule is CC(C)(C)Nc1noc(N)n1. The quantitative estimate of drug-likeness (QED) is 0.630. The van der Waals surface area contributed by atoms with Crippen LogP contribution >= 0.6 is 0 Å². The molecule has 3 N–H and O–H groups in total. The van der Waals surface area contributed by atoms with Crippen molar-refractivity contribution in [1.82, 2.24) is 10.1 Å². The first-order valence-electron chi connectivity index (χ1n) is 3.35. The third kappa shape index (κ3) is 2.45. The fourth-order valence-electron chi connectivity index (χ4n) is 0.621. The molecule has 0 saturated carbocycles. The van der Waals surface area contributed by atoms with Crippen LogP contribution in [0.15, 0.2) is 4.52 Å². The minimum absolute atomic E-state index is 0.0731. The highest BCUT2D eigenvalue weighted by atomic mass is 16.5. The second-order valence-corrected chi connectivity index (χ2v) is 3.33. The number of hydrogen-bond donors (Lipinski definition) is 2. The fourth-order valence-corrected chi connectivity index (χ4v) is 0.621. The molecule has 0 aliphatic heterocycles. The largest absolute Gasteiger partial charge is 0.351 e. The molecule has 11 heavy (non-hydrogen) atoms. The summed E-state index contributed by atoms with van der Waals surface area (Å²) in [6.45, 7) is 6.00. The molecule has 0 aliphatic carbocycles. The topological polar surface area (TPSA) is 77.0 Å². The van der Waals surface area contributed by atoms with Gasteiger partial charge in [0, 0.05) is 5.54 Å². The molecule has 1 aromatic heterocycles. The van der Waals surface area contributed by atoms with E-state index in [2.05, 4.69) is 20.0 Å². The number of hydrogen-bond acceptors (Lipinski definition) is 5. The summed E-state index contributed by atoms with van der Waals surface area (Å²) in [4.78, 5) is 3.78. The predicted octanol–water partition coefficient (Wildman–Crippen LogP) is 0.862. The third-order valence-corrected chi connectivity index (χ3v) is 0.929. The van der Waals surface area contributed by atoms with E-state index in [4.69, 9.17) is 5.73 Å². The average molecular weight is 156 g/mol. The van der Waals surface area contributed by atoms with Crippen molar-refractivity contribution < 1.29 is 4.52 Å². The summed E-state index contributed by atoms with van der Waals surface area (Å²) >= 11 is 0. The van der Waals surface area contributed by atoms with Crippen molar-refractivity contribution in [1.29, 1.82) is 0 Å². The molecular weight excluding hydrogens is 144 g/mol. The Morgan fingerprint density at radius 3 is 2.45 bits per heavy atom. The van der Waals surface area contributed by atoms with Crippen molar-refractivity contribution in [2.45, 2.75) is 26.3 Å². The molecule has 62 valence electrons. The second-order valence-electron chi connectivity index (χ2n) is 3.33. The molecule has 1 rings (SSSR count). The van der Waals surface area contributed by atoms with Crippen molar-refractivity contribution in [2.75, 3.05) is 11.1 Å². The molecule has 0 amide bonds. The molecular formula is C6H12N4O. The maximum Gasteiger partial charge on any atom is 0.320 e. The Bertz CT molecular complexity index is 237. The van der Waals surface area contributed by atoms with E-state index in [1.807, 2.05) is 20.8 Å². The number of nitrogens with zero attached hydrogens (tertiary/aromatic N) is 2. The molecule has 0 radical (unpaired) electrons. The van der Waals surface area contributed by atoms with Gasteiger partial charge in [0.2, 0.25) is 0 Å². The lowest BCUT2D eigenvalue weighted by Gasteiger charge is -2.17. The van der Waals surface area contributed by atoms with Crippen LogP contribution in [0.1, 0.15) is 20.8 Å². The summed E-state index contributed by atoms with van der Waals surface area (Å²) in [5.41, 5.74) is 5.14. The predicted molar refractivity (Wildman–Crippen MR) is 42.1 cm³/mol. The lowest BCUT2D eigenvalue weighted by molar-refractivity contribution is 0.434. The Balaban J connectivity index is 2.65. The Kier molecular flexibility index (Phi) is 1.72. The monoisotopic (exact) mass is 156 g/mol. The fraction of sp³-hybridized carbons (Fsp3) is 0.667. The van der Waals surface area contributed by atoms with Gasteiger partial charge in [-0.15, -0.1) is 0 Å². The highest BCUT2D eigenvalue weighted by Crippen LogP contribution is 2.10. The first kappa shape index (κ1) is 7.84.